The second-order valence-electron chi connectivity index (χ2n) is 21.7. The molecule has 0 radical (unpaired) electrons. The van der Waals surface area contributed by atoms with E-state index in [9.17, 15) is 0 Å². The Morgan fingerprint density at radius 3 is 0.946 bits per heavy atom. The van der Waals surface area contributed by atoms with Crippen LogP contribution in [0.2, 0.25) is 0 Å². The quantitative estimate of drug-likeness (QED) is 0.00942. The van der Waals surface area contributed by atoms with Gasteiger partial charge in [-0.15, -0.1) is 0 Å². The zero-order valence-electron chi connectivity index (χ0n) is 62.4. The summed E-state index contributed by atoms with van der Waals surface area (Å²) in [4.78, 5) is 31.4. The molecule has 0 saturated heterocycles. The number of hydrogen-bond donors (Lipinski definition) is 5. The van der Waals surface area contributed by atoms with Crippen molar-refractivity contribution in [3.05, 3.63) is 334 Å². The van der Waals surface area contributed by atoms with Crippen molar-refractivity contribution in [1.29, 1.82) is 0 Å². The number of nitrogens with one attached hydrogen (secondary N) is 2. The van der Waals surface area contributed by atoms with Crippen LogP contribution in [0.1, 0.15) is 59.5 Å². The van der Waals surface area contributed by atoms with Crippen LogP contribution < -0.4 is 51.4 Å². The second-order valence-corrected chi connectivity index (χ2v) is 65.1. The molecule has 0 spiro atoms. The van der Waals surface area contributed by atoms with E-state index in [1.54, 1.807) is 44.7 Å². The molecule has 0 bridgehead atoms. The number of aryl methyl sites for hydroxylation is 6. The van der Waals surface area contributed by atoms with Gasteiger partial charge in [0.25, 0.3) is 0 Å². The number of likely N-dealkylation sites (N-methyl/N-ethyl adjacent to an activating group) is 2. The van der Waals surface area contributed by atoms with Gasteiger partial charge in [-0.05, 0) is 235 Å². The molecular formula is C82H94BBr4CuI8N12NaO2V. The molecule has 6 N–H and O–H groups in total. The van der Waals surface area contributed by atoms with E-state index in [1.807, 2.05) is 172 Å². The summed E-state index contributed by atoms with van der Waals surface area (Å²) >= 11 is 35.5. The number of rotatable bonds is 11. The third kappa shape index (κ3) is 53.0. The molecule has 0 aliphatic heterocycles. The molecular weight excluding hydrogens is 2670 g/mol. The monoisotopic (exact) mass is 2760 g/mol. The number of benzene rings is 6. The number of alkyl halides is 4. The predicted octanol–water partition coefficient (Wildman–Crippen LogP) is 24.6. The van der Waals surface area contributed by atoms with Crippen molar-refractivity contribution in [2.75, 3.05) is 45.2 Å². The molecule has 6 aromatic heterocycles. The van der Waals surface area contributed by atoms with E-state index in [2.05, 4.69) is 392 Å². The number of aromatic nitrogens is 6. The maximum Gasteiger partial charge on any atom is 1.00 e. The fraction of sp³-hybridized carbons (Fsp3) is 0.195. The largest absolute Gasteiger partial charge is 1.00 e. The van der Waals surface area contributed by atoms with E-state index in [0.29, 0.717) is 5.46 Å². The Balaban J connectivity index is -0.000000608. The van der Waals surface area contributed by atoms with Crippen LogP contribution in [-0.4, -0.2) is 86.6 Å². The molecule has 0 fully saturated rings. The Morgan fingerprint density at radius 2 is 0.705 bits per heavy atom. The van der Waals surface area contributed by atoms with E-state index in [0.717, 1.165) is 99.6 Å². The normalized spacial score (nSPS) is 9.10. The Morgan fingerprint density at radius 1 is 0.438 bits per heavy atom. The van der Waals surface area contributed by atoms with Crippen LogP contribution in [0.25, 0.3) is 72.3 Å². The first kappa shape index (κ1) is 117. The van der Waals surface area contributed by atoms with Crippen LogP contribution in [0.4, 0.5) is 5.69 Å². The molecule has 0 aliphatic carbocycles. The van der Waals surface area contributed by atoms with Crippen molar-refractivity contribution in [3.63, 3.8) is 0 Å². The molecule has 12 aromatic rings. The Bertz CT molecular complexity index is 4170. The first-order chi connectivity index (χ1) is 52.5. The molecule has 14 nitrogen and oxygen atoms in total. The van der Waals surface area contributed by atoms with Crippen molar-refractivity contribution < 1.29 is 57.3 Å². The van der Waals surface area contributed by atoms with E-state index >= 15 is 0 Å². The first-order valence-corrected chi connectivity index (χ1v) is 59.5. The average Bonchev–Trinajstić information content (AvgIpc) is 0.838. The molecule has 6 heterocycles. The molecule has 598 valence electrons. The van der Waals surface area contributed by atoms with Gasteiger partial charge in [-0.3, -0.25) is 29.8 Å². The summed E-state index contributed by atoms with van der Waals surface area (Å²) in [5, 5.41) is 23.4. The van der Waals surface area contributed by atoms with Crippen molar-refractivity contribution in [1.82, 2.24) is 40.5 Å². The molecule has 0 saturated carbocycles. The second kappa shape index (κ2) is 75.1. The van der Waals surface area contributed by atoms with Crippen LogP contribution in [0, 0.1) is 41.5 Å². The van der Waals surface area contributed by atoms with Crippen molar-refractivity contribution in [2.45, 2.75) is 62.8 Å². The number of nitrogens with two attached hydrogens (primary N) is 1. The molecule has 12 rings (SSSR count). The maximum absolute atomic E-state index is 8.68. The third-order valence-electron chi connectivity index (χ3n) is 13.8. The number of hydrogen-bond acceptors (Lipinski definition) is 11. The zero-order valence-corrected chi connectivity index (χ0v) is 90.4. The van der Waals surface area contributed by atoms with Crippen LogP contribution >= 0.6 is 234 Å². The van der Waals surface area contributed by atoms with Crippen LogP contribution in [0.5, 0.6) is 0 Å². The van der Waals surface area contributed by atoms with Crippen molar-refractivity contribution in [2.24, 2.45) is 0 Å². The number of nitrogen functional groups attached to an aromatic ring is 1. The summed E-state index contributed by atoms with van der Waals surface area (Å²) < 4.78 is 5.10. The van der Waals surface area contributed by atoms with Crippen LogP contribution in [0.3, 0.4) is 0 Å². The SMILES string of the molecule is C.C.CI.CI.CNCCNC.Cc1cccc(Br)n1.Cc1cccnc1-c1cccc(Br)c1.Cc1cccnc1-c1cccc(Br)c1.Cc1cccnc1-c1cccc(Cc2cccc(-c3ncccc3C)c2)c1.Cc1cccnc1-c1cccc(N)c1.ICI.OB(O)c1cccc(Br)c1.[Cu][I].[I][V]([I])[I].[N-]=[N+]=[N-].[Na+]. The summed E-state index contributed by atoms with van der Waals surface area (Å²) in [7, 11) is 2.51. The van der Waals surface area contributed by atoms with Gasteiger partial charge in [0.05, 0.1) is 30.9 Å². The summed E-state index contributed by atoms with van der Waals surface area (Å²) in [6, 6.07) is 74.4. The number of halogens is 12. The molecule has 0 aliphatic rings. The van der Waals surface area contributed by atoms with E-state index in [1.165, 1.54) is 51.9 Å². The number of pyridine rings is 6. The van der Waals surface area contributed by atoms with Gasteiger partial charge in [-0.2, -0.15) is 0 Å². The van der Waals surface area contributed by atoms with Crippen molar-refractivity contribution in [3.8, 4) is 56.3 Å². The van der Waals surface area contributed by atoms with Gasteiger partial charge in [0.2, 0.25) is 0 Å². The van der Waals surface area contributed by atoms with Gasteiger partial charge in [-0.25, -0.2) is 4.98 Å². The van der Waals surface area contributed by atoms with E-state index in [-0.39, 0.29) is 49.3 Å². The molecule has 0 unspecified atom stereocenters. The Kier molecular flexibility index (Phi) is 78.7. The third-order valence-corrected chi connectivity index (χ3v) is 15.8. The predicted molar refractivity (Wildman–Crippen MR) is 556 cm³/mol. The fourth-order valence-electron chi connectivity index (χ4n) is 9.22. The Labute approximate surface area is 835 Å². The van der Waals surface area contributed by atoms with Gasteiger partial charge in [0.1, 0.15) is 4.60 Å². The van der Waals surface area contributed by atoms with Gasteiger partial charge < -0.3 is 37.5 Å². The molecule has 0 atom stereocenters. The summed E-state index contributed by atoms with van der Waals surface area (Å²) in [5.74, 6) is 0. The smallest absolute Gasteiger partial charge is 0.373 e. The minimum atomic E-state index is -1.38. The zero-order chi connectivity index (χ0) is 81.9. The van der Waals surface area contributed by atoms with Crippen LogP contribution in [0.15, 0.2) is 273 Å². The van der Waals surface area contributed by atoms with Gasteiger partial charge in [0, 0.05) is 96.7 Å². The number of anilines is 1. The average molecular weight is 2760 g/mol. The maximum atomic E-state index is 8.68. The molecule has 112 heavy (non-hydrogen) atoms. The van der Waals surface area contributed by atoms with Gasteiger partial charge >= 0.3 is 135 Å². The topological polar surface area (TPSA) is 227 Å². The van der Waals surface area contributed by atoms with E-state index < -0.39 is 7.12 Å². The van der Waals surface area contributed by atoms with Gasteiger partial charge in [0.15, 0.2) is 0 Å². The van der Waals surface area contributed by atoms with Crippen molar-refractivity contribution >= 4 is 253 Å². The summed E-state index contributed by atoms with van der Waals surface area (Å²) in [5.41, 5.74) is 41.0. The fourth-order valence-corrected chi connectivity index (χ4v) is 10.9. The number of nitrogens with zero attached hydrogens (tertiary/aromatic N) is 9. The standard InChI is InChI=1S/C25H22N2.2C12H10BrN.C12H12N2.C6H6BBrO2.C6H6BrN.C4H12N2.CH2I2.2CH3I.2CH4.Cu.4HI.N3.Na.V/c1-18-7-5-13-26-24(18)22-11-3-9-20(16-22)15-21-10-4-12-23(17-21)25-19(2)8-6-14-27-25;3*1-9-4-3-7-14-12(9)10-5-2-6-11(13)8-10;8-6-3-1-2-5(4-6)7(9)10;1-5-3-2-4-6(7)8-5;1-5-3-4-6-2;2-1-3;2*1-2;;;;;;;;1-3-2;;/h3-14,16-17H,15H2,1-2H3;2*2-8H,1H3;2-8H,13H2,1H3;1-4,9-10H;2-4H,1H3;5-6H,3-4H2,1-2H3;1H2;2*1H3;2*1H4;;4*1H;;;/q;;;;;;;;;;;;+1;;;;;-1;+1;+3/p-4. The summed E-state index contributed by atoms with van der Waals surface area (Å²) in [6.07, 6.45) is 10.0. The molecule has 0 amide bonds. The minimum Gasteiger partial charge on any atom is -0.373 e. The van der Waals surface area contributed by atoms with E-state index in [4.69, 9.17) is 26.8 Å². The van der Waals surface area contributed by atoms with Crippen LogP contribution in [-0.2, 0) is 24.1 Å². The Hall–Kier alpha value is -0.901. The summed E-state index contributed by atoms with van der Waals surface area (Å²) in [6.45, 7) is 14.5. The molecule has 6 aromatic carbocycles. The minimum absolute atomic E-state index is 0. The first-order valence-electron chi connectivity index (χ1n) is 32.4. The van der Waals surface area contributed by atoms with Gasteiger partial charge in [-0.1, -0.05) is 274 Å². The molecule has 30 heteroatoms.